The van der Waals surface area contributed by atoms with E-state index in [-0.39, 0.29) is 5.54 Å². The summed E-state index contributed by atoms with van der Waals surface area (Å²) in [6.07, 6.45) is 0. The summed E-state index contributed by atoms with van der Waals surface area (Å²) in [6.45, 7) is 11.6. The summed E-state index contributed by atoms with van der Waals surface area (Å²) in [5.41, 5.74) is 4.80. The number of nitrogens with one attached hydrogen (secondary N) is 1. The molecule has 0 bridgehead atoms. The SMILES string of the molecule is CC1=C(C)C([Si](NC(C)(C)C)(c2ccccc2)c2ccccc2)c2sc3ccccc3c21. The Balaban J connectivity index is 1.88. The van der Waals surface area contributed by atoms with Gasteiger partial charge in [0.1, 0.15) is 0 Å². The molecule has 1 heterocycles. The van der Waals surface area contributed by atoms with Gasteiger partial charge >= 0.3 is 0 Å². The monoisotopic (exact) mass is 453 g/mol. The van der Waals surface area contributed by atoms with Crippen molar-refractivity contribution < 1.29 is 0 Å². The molecule has 0 radical (unpaired) electrons. The van der Waals surface area contributed by atoms with E-state index in [1.165, 1.54) is 42.0 Å². The first kappa shape index (κ1) is 21.4. The zero-order chi connectivity index (χ0) is 22.5. The number of hydrogen-bond donors (Lipinski definition) is 1. The molecule has 1 nitrogen and oxygen atoms in total. The Morgan fingerprint density at radius 1 is 0.750 bits per heavy atom. The molecule has 0 aliphatic heterocycles. The van der Waals surface area contributed by atoms with Crippen molar-refractivity contribution in [1.29, 1.82) is 0 Å². The minimum absolute atomic E-state index is 0.0223. The number of rotatable bonds is 4. The molecule has 1 atom stereocenters. The average molecular weight is 454 g/mol. The molecule has 32 heavy (non-hydrogen) atoms. The molecule has 0 spiro atoms. The Bertz CT molecular complexity index is 1260. The summed E-state index contributed by atoms with van der Waals surface area (Å²) in [6, 6.07) is 31.4. The fourth-order valence-corrected chi connectivity index (χ4v) is 13.0. The van der Waals surface area contributed by atoms with Gasteiger partial charge in [-0.15, -0.1) is 11.3 Å². The topological polar surface area (TPSA) is 12.0 Å². The molecular weight excluding hydrogens is 422 g/mol. The molecule has 1 aliphatic carbocycles. The van der Waals surface area contributed by atoms with Crippen LogP contribution in [0.5, 0.6) is 0 Å². The molecule has 0 fully saturated rings. The van der Waals surface area contributed by atoms with Crippen LogP contribution in [0.4, 0.5) is 0 Å². The fourth-order valence-electron chi connectivity index (χ4n) is 5.50. The van der Waals surface area contributed by atoms with Gasteiger partial charge in [-0.3, -0.25) is 0 Å². The number of benzene rings is 3. The first-order chi connectivity index (χ1) is 15.3. The van der Waals surface area contributed by atoms with Gasteiger partial charge in [-0.05, 0) is 62.2 Å². The Kier molecular flexibility index (Phi) is 5.24. The molecule has 3 heteroatoms. The van der Waals surface area contributed by atoms with Gasteiger partial charge in [-0.25, -0.2) is 0 Å². The van der Waals surface area contributed by atoms with Crippen LogP contribution in [0.1, 0.15) is 50.6 Å². The Morgan fingerprint density at radius 3 is 1.84 bits per heavy atom. The van der Waals surface area contributed by atoms with Crippen LogP contribution in [-0.2, 0) is 0 Å². The predicted molar refractivity (Wildman–Crippen MR) is 144 cm³/mol. The fraction of sp³-hybridized carbons (Fsp3) is 0.241. The van der Waals surface area contributed by atoms with E-state index in [2.05, 4.69) is 125 Å². The lowest BCUT2D eigenvalue weighted by molar-refractivity contribution is 0.512. The van der Waals surface area contributed by atoms with E-state index in [4.69, 9.17) is 0 Å². The molecule has 0 amide bonds. The number of fused-ring (bicyclic) bond motifs is 3. The maximum atomic E-state index is 4.29. The lowest BCUT2D eigenvalue weighted by atomic mass is 10.1. The van der Waals surface area contributed by atoms with E-state index >= 15 is 0 Å². The van der Waals surface area contributed by atoms with Gasteiger partial charge in [0.15, 0.2) is 0 Å². The maximum absolute atomic E-state index is 4.29. The molecular formula is C29H31NSSi. The Labute approximate surface area is 196 Å². The van der Waals surface area contributed by atoms with Gasteiger partial charge in [0, 0.05) is 26.0 Å². The van der Waals surface area contributed by atoms with Crippen molar-refractivity contribution in [3.63, 3.8) is 0 Å². The van der Waals surface area contributed by atoms with E-state index in [1.807, 2.05) is 11.3 Å². The smallest absolute Gasteiger partial charge is 0.202 e. The molecule has 0 saturated carbocycles. The highest BCUT2D eigenvalue weighted by Crippen LogP contribution is 2.52. The highest BCUT2D eigenvalue weighted by molar-refractivity contribution is 7.20. The molecule has 0 saturated heterocycles. The van der Waals surface area contributed by atoms with Crippen molar-refractivity contribution in [2.24, 2.45) is 0 Å². The lowest BCUT2D eigenvalue weighted by Gasteiger charge is -2.44. The molecule has 1 N–H and O–H groups in total. The van der Waals surface area contributed by atoms with Crippen LogP contribution in [0.15, 0.2) is 90.5 Å². The zero-order valence-electron chi connectivity index (χ0n) is 19.6. The van der Waals surface area contributed by atoms with E-state index in [9.17, 15) is 0 Å². The third-order valence-electron chi connectivity index (χ3n) is 6.75. The van der Waals surface area contributed by atoms with E-state index in [0.717, 1.165) is 0 Å². The number of allylic oxidation sites excluding steroid dienone is 2. The Morgan fingerprint density at radius 2 is 1.28 bits per heavy atom. The molecule has 4 aromatic rings. The molecule has 1 unspecified atom stereocenters. The van der Waals surface area contributed by atoms with E-state index in [1.54, 1.807) is 0 Å². The van der Waals surface area contributed by atoms with Crippen LogP contribution in [0.3, 0.4) is 0 Å². The Hall–Kier alpha value is -2.46. The van der Waals surface area contributed by atoms with E-state index < -0.39 is 8.24 Å². The van der Waals surface area contributed by atoms with E-state index in [0.29, 0.717) is 5.54 Å². The maximum Gasteiger partial charge on any atom is 0.202 e. The third kappa shape index (κ3) is 3.31. The minimum atomic E-state index is -2.47. The van der Waals surface area contributed by atoms with Crippen molar-refractivity contribution in [3.8, 4) is 0 Å². The third-order valence-corrected chi connectivity index (χ3v) is 13.4. The molecule has 162 valence electrons. The predicted octanol–water partition coefficient (Wildman–Crippen LogP) is 6.48. The summed E-state index contributed by atoms with van der Waals surface area (Å²) >= 11 is 2.00. The van der Waals surface area contributed by atoms with Gasteiger partial charge in [-0.2, -0.15) is 0 Å². The quantitative estimate of drug-likeness (QED) is 0.349. The van der Waals surface area contributed by atoms with Crippen molar-refractivity contribution in [1.82, 2.24) is 4.98 Å². The molecule has 1 aliphatic rings. The second-order valence-corrected chi connectivity index (χ2v) is 14.7. The average Bonchev–Trinajstić information content (AvgIpc) is 3.27. The van der Waals surface area contributed by atoms with Crippen molar-refractivity contribution in [3.05, 3.63) is 101 Å². The van der Waals surface area contributed by atoms with Crippen LogP contribution in [0, 0.1) is 0 Å². The standard InChI is InChI=1S/C29H31NSSi/c1-20-21(2)28(27-26(20)24-18-12-13-19-25(24)31-27)32(30-29(3,4)5,22-14-8-6-9-15-22)23-16-10-7-11-17-23/h6-19,28,30H,1-5H3. The number of thiophene rings is 1. The van der Waals surface area contributed by atoms with Gasteiger partial charge in [0.25, 0.3) is 0 Å². The van der Waals surface area contributed by atoms with Crippen LogP contribution in [0.25, 0.3) is 15.7 Å². The second-order valence-electron chi connectivity index (χ2n) is 9.99. The van der Waals surface area contributed by atoms with Crippen LogP contribution in [0.2, 0.25) is 0 Å². The normalized spacial score (nSPS) is 16.6. The van der Waals surface area contributed by atoms with Gasteiger partial charge in [0.2, 0.25) is 8.24 Å². The summed E-state index contributed by atoms with van der Waals surface area (Å²) in [7, 11) is -2.47. The van der Waals surface area contributed by atoms with Crippen LogP contribution in [-0.4, -0.2) is 13.8 Å². The highest BCUT2D eigenvalue weighted by Gasteiger charge is 2.52. The van der Waals surface area contributed by atoms with Gasteiger partial charge in [-0.1, -0.05) is 84.4 Å². The second kappa shape index (κ2) is 7.84. The van der Waals surface area contributed by atoms with Gasteiger partial charge in [0.05, 0.1) is 0 Å². The zero-order valence-corrected chi connectivity index (χ0v) is 21.4. The minimum Gasteiger partial charge on any atom is -0.325 e. The van der Waals surface area contributed by atoms with Crippen LogP contribution < -0.4 is 15.4 Å². The summed E-state index contributed by atoms with van der Waals surface area (Å²) in [4.78, 5) is 5.83. The molecule has 1 aromatic heterocycles. The summed E-state index contributed by atoms with van der Waals surface area (Å²) in [5, 5.41) is 4.30. The first-order valence-electron chi connectivity index (χ1n) is 11.4. The van der Waals surface area contributed by atoms with Crippen molar-refractivity contribution >= 4 is 45.6 Å². The van der Waals surface area contributed by atoms with Crippen molar-refractivity contribution in [2.75, 3.05) is 0 Å². The highest BCUT2D eigenvalue weighted by atomic mass is 32.1. The van der Waals surface area contributed by atoms with Crippen molar-refractivity contribution in [2.45, 2.75) is 45.7 Å². The lowest BCUT2D eigenvalue weighted by Crippen LogP contribution is -2.76. The summed E-state index contributed by atoms with van der Waals surface area (Å²) < 4.78 is 1.40. The summed E-state index contributed by atoms with van der Waals surface area (Å²) in [5.74, 6) is 0. The molecule has 5 rings (SSSR count). The number of hydrogen-bond acceptors (Lipinski definition) is 2. The van der Waals surface area contributed by atoms with Gasteiger partial charge < -0.3 is 4.98 Å². The largest absolute Gasteiger partial charge is 0.325 e. The molecule has 3 aromatic carbocycles. The van der Waals surface area contributed by atoms with Crippen LogP contribution >= 0.6 is 11.3 Å². The first-order valence-corrected chi connectivity index (χ1v) is 14.3.